The van der Waals surface area contributed by atoms with Crippen molar-refractivity contribution < 1.29 is 0 Å². The molecule has 1 heteroatoms. The van der Waals surface area contributed by atoms with E-state index in [0.717, 1.165) is 0 Å². The Kier molecular flexibility index (Phi) is 4.76. The lowest BCUT2D eigenvalue weighted by atomic mass is 9.81. The van der Waals surface area contributed by atoms with Crippen molar-refractivity contribution in [2.24, 2.45) is 0 Å². The van der Waals surface area contributed by atoms with Gasteiger partial charge in [0.05, 0.1) is 0 Å². The van der Waals surface area contributed by atoms with E-state index < -0.39 is 0 Å². The van der Waals surface area contributed by atoms with Crippen molar-refractivity contribution in [1.82, 2.24) is 0 Å². The van der Waals surface area contributed by atoms with Gasteiger partial charge in [-0.05, 0) is 95.0 Å². The van der Waals surface area contributed by atoms with Gasteiger partial charge in [-0.15, -0.1) is 11.3 Å². The smallest absolute Gasteiger partial charge is 0.0358 e. The molecule has 44 heavy (non-hydrogen) atoms. The summed E-state index contributed by atoms with van der Waals surface area (Å²) >= 11 is 1.91. The van der Waals surface area contributed by atoms with Crippen LogP contribution < -0.4 is 0 Å². The monoisotopic (exact) mass is 576 g/mol. The van der Waals surface area contributed by atoms with Gasteiger partial charge in [0.1, 0.15) is 0 Å². The van der Waals surface area contributed by atoms with Crippen molar-refractivity contribution in [1.29, 1.82) is 0 Å². The molecular formula is C43H28S. The predicted molar refractivity (Wildman–Crippen MR) is 191 cm³/mol. The Hall–Kier alpha value is -4.98. The van der Waals surface area contributed by atoms with Gasteiger partial charge < -0.3 is 0 Å². The highest BCUT2D eigenvalue weighted by Gasteiger charge is 2.37. The van der Waals surface area contributed by atoms with E-state index in [4.69, 9.17) is 0 Å². The molecule has 0 fully saturated rings. The molecule has 0 unspecified atom stereocenters. The molecule has 0 aliphatic heterocycles. The van der Waals surface area contributed by atoms with Crippen molar-refractivity contribution >= 4 is 63.8 Å². The molecular weight excluding hydrogens is 549 g/mol. The molecule has 0 spiro atoms. The van der Waals surface area contributed by atoms with Crippen LogP contribution in [0.15, 0.2) is 133 Å². The summed E-state index contributed by atoms with van der Waals surface area (Å²) in [5, 5.41) is 10.7. The van der Waals surface area contributed by atoms with Crippen LogP contribution in [0.3, 0.4) is 0 Å². The zero-order valence-corrected chi connectivity index (χ0v) is 25.4. The summed E-state index contributed by atoms with van der Waals surface area (Å²) in [5.41, 5.74) is 10.8. The van der Waals surface area contributed by atoms with Crippen LogP contribution in [0.1, 0.15) is 25.0 Å². The van der Waals surface area contributed by atoms with Gasteiger partial charge in [0.2, 0.25) is 0 Å². The number of thiophene rings is 1. The molecule has 1 aliphatic carbocycles. The summed E-state index contributed by atoms with van der Waals surface area (Å²) in [6.07, 6.45) is 0. The zero-order valence-electron chi connectivity index (χ0n) is 24.6. The van der Waals surface area contributed by atoms with E-state index in [1.165, 1.54) is 97.0 Å². The number of fused-ring (bicyclic) bond motifs is 6. The highest BCUT2D eigenvalue weighted by atomic mass is 32.1. The van der Waals surface area contributed by atoms with Gasteiger partial charge in [-0.1, -0.05) is 129 Å². The third-order valence-corrected chi connectivity index (χ3v) is 11.4. The van der Waals surface area contributed by atoms with Crippen LogP contribution in [0.4, 0.5) is 0 Å². The van der Waals surface area contributed by atoms with Crippen LogP contribution >= 0.6 is 11.3 Å². The van der Waals surface area contributed by atoms with Crippen LogP contribution in [0.25, 0.3) is 85.9 Å². The molecule has 0 bridgehead atoms. The lowest BCUT2D eigenvalue weighted by molar-refractivity contribution is 0.661. The number of benzene rings is 8. The maximum absolute atomic E-state index is 2.49. The van der Waals surface area contributed by atoms with Gasteiger partial charge in [-0.25, -0.2) is 0 Å². The molecule has 10 rings (SSSR count). The molecule has 206 valence electrons. The Balaban J connectivity index is 1.28. The number of hydrogen-bond acceptors (Lipinski definition) is 1. The molecule has 0 saturated carbocycles. The summed E-state index contributed by atoms with van der Waals surface area (Å²) in [6.45, 7) is 4.80. The highest BCUT2D eigenvalue weighted by Crippen LogP contribution is 2.55. The minimum Gasteiger partial charge on any atom is -0.135 e. The van der Waals surface area contributed by atoms with Crippen LogP contribution in [0.5, 0.6) is 0 Å². The standard InChI is InChI=1S/C43H28S/c1-43(2)36-13-8-12-31(42(36)35-23-34-30-11-6-7-14-38(30)44-39(34)24-37(35)43)29-20-16-27-17-21-32-28(25-9-4-3-5-10-25)19-15-26-18-22-33(29)41(27)40(26)32/h3-24H,1-2H3. The Morgan fingerprint density at radius 2 is 1.11 bits per heavy atom. The minimum absolute atomic E-state index is 0.0700. The molecule has 0 atom stereocenters. The maximum Gasteiger partial charge on any atom is 0.0358 e. The van der Waals surface area contributed by atoms with Crippen molar-refractivity contribution in [3.8, 4) is 33.4 Å². The SMILES string of the molecule is CC1(C)c2cc3sc4ccccc4c3cc2-c2c(-c3ccc4ccc5c(-c6ccccc6)ccc6ccc3c4c65)cccc21. The topological polar surface area (TPSA) is 0 Å². The van der Waals surface area contributed by atoms with Gasteiger partial charge >= 0.3 is 0 Å². The molecule has 8 aromatic carbocycles. The van der Waals surface area contributed by atoms with Crippen LogP contribution in [0.2, 0.25) is 0 Å². The summed E-state index contributed by atoms with van der Waals surface area (Å²) in [6, 6.07) is 50.2. The molecule has 0 nitrogen and oxygen atoms in total. The molecule has 1 heterocycles. The molecule has 0 radical (unpaired) electrons. The lowest BCUT2D eigenvalue weighted by Crippen LogP contribution is -2.14. The van der Waals surface area contributed by atoms with Crippen LogP contribution in [0, 0.1) is 0 Å². The lowest BCUT2D eigenvalue weighted by Gasteiger charge is -2.22. The molecule has 0 amide bonds. The second-order valence-corrected chi connectivity index (χ2v) is 13.9. The van der Waals surface area contributed by atoms with E-state index >= 15 is 0 Å². The minimum atomic E-state index is -0.0700. The van der Waals surface area contributed by atoms with Gasteiger partial charge in [0.25, 0.3) is 0 Å². The third-order valence-electron chi connectivity index (χ3n) is 10.2. The van der Waals surface area contributed by atoms with Crippen LogP contribution in [-0.2, 0) is 5.41 Å². The normalized spacial score (nSPS) is 13.9. The van der Waals surface area contributed by atoms with Crippen molar-refractivity contribution in [2.45, 2.75) is 19.3 Å². The van der Waals surface area contributed by atoms with E-state index in [2.05, 4.69) is 147 Å². The molecule has 1 aliphatic rings. The fourth-order valence-corrected chi connectivity index (χ4v) is 9.26. The maximum atomic E-state index is 2.49. The number of rotatable bonds is 2. The van der Waals surface area contributed by atoms with Gasteiger partial charge in [0.15, 0.2) is 0 Å². The Bertz CT molecular complexity index is 2620. The Morgan fingerprint density at radius 1 is 0.432 bits per heavy atom. The fourth-order valence-electron chi connectivity index (χ4n) is 8.13. The van der Waals surface area contributed by atoms with Crippen molar-refractivity contribution in [3.63, 3.8) is 0 Å². The fraction of sp³-hybridized carbons (Fsp3) is 0.0698. The zero-order chi connectivity index (χ0) is 29.2. The molecule has 0 saturated heterocycles. The molecule has 1 aromatic heterocycles. The van der Waals surface area contributed by atoms with Crippen molar-refractivity contribution in [2.75, 3.05) is 0 Å². The Morgan fingerprint density at radius 3 is 1.91 bits per heavy atom. The van der Waals surface area contributed by atoms with Gasteiger partial charge in [-0.2, -0.15) is 0 Å². The molecule has 9 aromatic rings. The summed E-state index contributed by atoms with van der Waals surface area (Å²) in [5.74, 6) is 0. The average molecular weight is 577 g/mol. The Labute approximate surface area is 260 Å². The second kappa shape index (κ2) is 8.56. The van der Waals surface area contributed by atoms with E-state index in [-0.39, 0.29) is 5.41 Å². The summed E-state index contributed by atoms with van der Waals surface area (Å²) in [7, 11) is 0. The van der Waals surface area contributed by atoms with Crippen LogP contribution in [-0.4, -0.2) is 0 Å². The largest absolute Gasteiger partial charge is 0.135 e. The van der Waals surface area contributed by atoms with Gasteiger partial charge in [-0.3, -0.25) is 0 Å². The van der Waals surface area contributed by atoms with E-state index in [9.17, 15) is 0 Å². The first-order chi connectivity index (χ1) is 21.6. The molecule has 0 N–H and O–H groups in total. The van der Waals surface area contributed by atoms with E-state index in [0.29, 0.717) is 0 Å². The first-order valence-corrected chi connectivity index (χ1v) is 16.3. The van der Waals surface area contributed by atoms with Crippen molar-refractivity contribution in [3.05, 3.63) is 145 Å². The second-order valence-electron chi connectivity index (χ2n) is 12.9. The van der Waals surface area contributed by atoms with E-state index in [1.54, 1.807) is 0 Å². The average Bonchev–Trinajstić information content (AvgIpc) is 3.54. The number of hydrogen-bond donors (Lipinski definition) is 0. The summed E-state index contributed by atoms with van der Waals surface area (Å²) in [4.78, 5) is 0. The van der Waals surface area contributed by atoms with E-state index in [1.807, 2.05) is 11.3 Å². The first-order valence-electron chi connectivity index (χ1n) is 15.4. The third kappa shape index (κ3) is 3.12. The summed E-state index contributed by atoms with van der Waals surface area (Å²) < 4.78 is 2.74. The predicted octanol–water partition coefficient (Wildman–Crippen LogP) is 12.6. The highest BCUT2D eigenvalue weighted by molar-refractivity contribution is 7.25. The quantitative estimate of drug-likeness (QED) is 0.180. The first kappa shape index (κ1) is 24.5. The van der Waals surface area contributed by atoms with Gasteiger partial charge in [0, 0.05) is 25.6 Å².